The van der Waals surface area contributed by atoms with Crippen LogP contribution in [0.25, 0.3) is 0 Å². The molecule has 0 aliphatic carbocycles. The molecule has 6 heteroatoms. The van der Waals surface area contributed by atoms with Crippen LogP contribution in [0.3, 0.4) is 0 Å². The van der Waals surface area contributed by atoms with Crippen LogP contribution in [0.4, 0.5) is 0 Å². The first kappa shape index (κ1) is 25.3. The van der Waals surface area contributed by atoms with Crippen LogP contribution in [0.15, 0.2) is 72.8 Å². The van der Waals surface area contributed by atoms with E-state index < -0.39 is 6.04 Å². The number of hydrogen-bond acceptors (Lipinski definition) is 3. The van der Waals surface area contributed by atoms with E-state index in [1.54, 1.807) is 11.0 Å². The lowest BCUT2D eigenvalue weighted by Gasteiger charge is -2.31. The third-order valence-electron chi connectivity index (χ3n) is 5.48. The summed E-state index contributed by atoms with van der Waals surface area (Å²) in [4.78, 5) is 28.2. The second-order valence-electron chi connectivity index (χ2n) is 8.33. The number of rotatable bonds is 10. The zero-order chi connectivity index (χ0) is 24.5. The predicted molar refractivity (Wildman–Crippen MR) is 136 cm³/mol. The number of amides is 2. The van der Waals surface area contributed by atoms with Gasteiger partial charge in [-0.05, 0) is 61.2 Å². The molecule has 34 heavy (non-hydrogen) atoms. The Morgan fingerprint density at radius 3 is 2.26 bits per heavy atom. The molecule has 0 saturated carbocycles. The van der Waals surface area contributed by atoms with E-state index in [1.807, 2.05) is 87.5 Å². The number of likely N-dealkylation sites (N-methyl/N-ethyl adjacent to an activating group) is 1. The molecule has 0 heterocycles. The van der Waals surface area contributed by atoms with Crippen LogP contribution in [0.2, 0.25) is 5.02 Å². The standard InChI is InChI=1S/C28H31ClN2O3/c1-4-30-28(33)26(17-22-10-6-5-7-11-22)31(18-23-12-8-9-13-25(23)29)27(32)19-34-24-15-20(2)14-21(3)16-24/h5-16,26H,4,17-19H2,1-3H3,(H,30,33). The maximum Gasteiger partial charge on any atom is 0.261 e. The van der Waals surface area contributed by atoms with Crippen molar-refractivity contribution in [2.24, 2.45) is 0 Å². The minimum Gasteiger partial charge on any atom is -0.484 e. The van der Waals surface area contributed by atoms with Crippen LogP contribution < -0.4 is 10.1 Å². The van der Waals surface area contributed by atoms with Gasteiger partial charge in [0.2, 0.25) is 5.91 Å². The Bertz CT molecular complexity index is 1100. The molecular formula is C28H31ClN2O3. The van der Waals surface area contributed by atoms with E-state index in [1.165, 1.54) is 0 Å². The predicted octanol–water partition coefficient (Wildman–Crippen LogP) is 5.11. The lowest BCUT2D eigenvalue weighted by Crippen LogP contribution is -2.51. The van der Waals surface area contributed by atoms with Gasteiger partial charge in [-0.3, -0.25) is 9.59 Å². The van der Waals surface area contributed by atoms with Crippen molar-refractivity contribution >= 4 is 23.4 Å². The SMILES string of the molecule is CCNC(=O)C(Cc1ccccc1)N(Cc1ccccc1Cl)C(=O)COc1cc(C)cc(C)c1. The minimum absolute atomic E-state index is 0.182. The third kappa shape index (κ3) is 7.09. The van der Waals surface area contributed by atoms with Gasteiger partial charge in [0.05, 0.1) is 0 Å². The number of nitrogens with zero attached hydrogens (tertiary/aromatic N) is 1. The molecule has 0 saturated heterocycles. The number of carbonyl (C=O) groups excluding carboxylic acids is 2. The Morgan fingerprint density at radius 1 is 0.971 bits per heavy atom. The first-order chi connectivity index (χ1) is 16.4. The smallest absolute Gasteiger partial charge is 0.261 e. The summed E-state index contributed by atoms with van der Waals surface area (Å²) < 4.78 is 5.86. The Kier molecular flexibility index (Phi) is 9.11. The number of halogens is 1. The lowest BCUT2D eigenvalue weighted by molar-refractivity contribution is -0.142. The van der Waals surface area contributed by atoms with Crippen molar-refractivity contribution in [3.05, 3.63) is 100 Å². The topological polar surface area (TPSA) is 58.6 Å². The van der Waals surface area contributed by atoms with Gasteiger partial charge < -0.3 is 15.0 Å². The van der Waals surface area contributed by atoms with Gasteiger partial charge >= 0.3 is 0 Å². The summed E-state index contributed by atoms with van der Waals surface area (Å²) in [6.07, 6.45) is 0.381. The van der Waals surface area contributed by atoms with Crippen LogP contribution in [0.5, 0.6) is 5.75 Å². The molecule has 2 amide bonds. The Balaban J connectivity index is 1.91. The van der Waals surface area contributed by atoms with Crippen LogP contribution in [0, 0.1) is 13.8 Å². The largest absolute Gasteiger partial charge is 0.484 e. The number of hydrogen-bond donors (Lipinski definition) is 1. The third-order valence-corrected chi connectivity index (χ3v) is 5.85. The number of ether oxygens (including phenoxy) is 1. The highest BCUT2D eigenvalue weighted by molar-refractivity contribution is 6.31. The fraction of sp³-hybridized carbons (Fsp3) is 0.286. The maximum atomic E-state index is 13.5. The summed E-state index contributed by atoms with van der Waals surface area (Å²) in [6, 6.07) is 22.2. The van der Waals surface area contributed by atoms with Crippen molar-refractivity contribution in [2.45, 2.75) is 39.8 Å². The van der Waals surface area contributed by atoms with Crippen molar-refractivity contribution in [1.82, 2.24) is 10.2 Å². The van der Waals surface area contributed by atoms with E-state index in [4.69, 9.17) is 16.3 Å². The summed E-state index contributed by atoms with van der Waals surface area (Å²) >= 11 is 6.42. The van der Waals surface area contributed by atoms with E-state index >= 15 is 0 Å². The molecule has 1 atom stereocenters. The summed E-state index contributed by atoms with van der Waals surface area (Å²) in [5, 5.41) is 3.43. The van der Waals surface area contributed by atoms with Crippen LogP contribution in [-0.2, 0) is 22.6 Å². The molecule has 5 nitrogen and oxygen atoms in total. The highest BCUT2D eigenvalue weighted by Crippen LogP contribution is 2.21. The molecule has 0 fully saturated rings. The van der Waals surface area contributed by atoms with Gasteiger partial charge in [-0.25, -0.2) is 0 Å². The summed E-state index contributed by atoms with van der Waals surface area (Å²) in [7, 11) is 0. The monoisotopic (exact) mass is 478 g/mol. The minimum atomic E-state index is -0.714. The Morgan fingerprint density at radius 2 is 1.62 bits per heavy atom. The molecular weight excluding hydrogens is 448 g/mol. The molecule has 3 rings (SSSR count). The van der Waals surface area contributed by atoms with Gasteiger partial charge in [0.1, 0.15) is 11.8 Å². The average molecular weight is 479 g/mol. The fourth-order valence-electron chi connectivity index (χ4n) is 3.90. The summed E-state index contributed by atoms with van der Waals surface area (Å²) in [5.74, 6) is 0.130. The average Bonchev–Trinajstić information content (AvgIpc) is 2.81. The molecule has 0 bridgehead atoms. The zero-order valence-electron chi connectivity index (χ0n) is 19.9. The second-order valence-corrected chi connectivity index (χ2v) is 8.73. The van der Waals surface area contributed by atoms with Gasteiger partial charge in [-0.1, -0.05) is 66.2 Å². The van der Waals surface area contributed by atoms with Gasteiger partial charge in [-0.15, -0.1) is 0 Å². The molecule has 1 unspecified atom stereocenters. The van der Waals surface area contributed by atoms with Gasteiger partial charge in [0.15, 0.2) is 6.61 Å². The van der Waals surface area contributed by atoms with Crippen LogP contribution in [-0.4, -0.2) is 35.9 Å². The normalized spacial score (nSPS) is 11.5. The van der Waals surface area contributed by atoms with E-state index in [0.717, 1.165) is 22.3 Å². The van der Waals surface area contributed by atoms with Crippen molar-refractivity contribution < 1.29 is 14.3 Å². The van der Waals surface area contributed by atoms with E-state index in [9.17, 15) is 9.59 Å². The summed E-state index contributed by atoms with van der Waals surface area (Å²) in [6.45, 7) is 6.31. The highest BCUT2D eigenvalue weighted by Gasteiger charge is 2.30. The first-order valence-electron chi connectivity index (χ1n) is 11.4. The molecule has 0 aromatic heterocycles. The molecule has 0 radical (unpaired) electrons. The van der Waals surface area contributed by atoms with Crippen molar-refractivity contribution in [2.75, 3.05) is 13.2 Å². The number of aryl methyl sites for hydroxylation is 2. The van der Waals surface area contributed by atoms with Crippen molar-refractivity contribution in [1.29, 1.82) is 0 Å². The van der Waals surface area contributed by atoms with E-state index in [-0.39, 0.29) is 25.0 Å². The van der Waals surface area contributed by atoms with E-state index in [0.29, 0.717) is 23.7 Å². The second kappa shape index (κ2) is 12.2. The van der Waals surface area contributed by atoms with Crippen LogP contribution in [0.1, 0.15) is 29.2 Å². The van der Waals surface area contributed by atoms with Crippen LogP contribution >= 0.6 is 11.6 Å². The molecule has 0 aliphatic heterocycles. The maximum absolute atomic E-state index is 13.5. The Labute approximate surface area is 206 Å². The van der Waals surface area contributed by atoms with Gasteiger partial charge in [0.25, 0.3) is 5.91 Å². The molecule has 3 aromatic rings. The number of nitrogens with one attached hydrogen (secondary N) is 1. The van der Waals surface area contributed by atoms with Gasteiger partial charge in [-0.2, -0.15) is 0 Å². The molecule has 1 N–H and O–H groups in total. The first-order valence-corrected chi connectivity index (χ1v) is 11.8. The lowest BCUT2D eigenvalue weighted by atomic mass is 10.0. The number of carbonyl (C=O) groups is 2. The quantitative estimate of drug-likeness (QED) is 0.440. The Hall–Kier alpha value is -3.31. The molecule has 0 aliphatic rings. The zero-order valence-corrected chi connectivity index (χ0v) is 20.6. The molecule has 178 valence electrons. The summed E-state index contributed by atoms with van der Waals surface area (Å²) in [5.41, 5.74) is 3.84. The van der Waals surface area contributed by atoms with E-state index in [2.05, 4.69) is 5.32 Å². The fourth-order valence-corrected chi connectivity index (χ4v) is 4.10. The molecule has 0 spiro atoms. The van der Waals surface area contributed by atoms with Gasteiger partial charge in [0, 0.05) is 24.5 Å². The molecule has 3 aromatic carbocycles. The van der Waals surface area contributed by atoms with Crippen molar-refractivity contribution in [3.63, 3.8) is 0 Å². The highest BCUT2D eigenvalue weighted by atomic mass is 35.5. The van der Waals surface area contributed by atoms with Crippen molar-refractivity contribution in [3.8, 4) is 5.75 Å². The number of benzene rings is 3.